The summed E-state index contributed by atoms with van der Waals surface area (Å²) in [5, 5.41) is 11.3. The molecule has 5 rings (SSSR count). The van der Waals surface area contributed by atoms with E-state index in [0.29, 0.717) is 11.3 Å². The summed E-state index contributed by atoms with van der Waals surface area (Å²) in [5.41, 5.74) is 3.24. The fourth-order valence-electron chi connectivity index (χ4n) is 4.64. The van der Waals surface area contributed by atoms with E-state index in [9.17, 15) is 14.7 Å². The number of fused-ring (bicyclic) bond motifs is 1. The lowest BCUT2D eigenvalue weighted by molar-refractivity contribution is -0.140. The molecule has 2 aliphatic heterocycles. The average Bonchev–Trinajstić information content (AvgIpc) is 3.53. The summed E-state index contributed by atoms with van der Waals surface area (Å²) in [7, 11) is 3.88. The molecule has 2 atom stereocenters. The van der Waals surface area contributed by atoms with Crippen LogP contribution in [0, 0.1) is 0 Å². The highest BCUT2D eigenvalue weighted by Crippen LogP contribution is 2.41. The van der Waals surface area contributed by atoms with Gasteiger partial charge in [-0.25, -0.2) is 0 Å². The Balaban J connectivity index is 1.62. The Kier molecular flexibility index (Phi) is 5.40. The van der Waals surface area contributed by atoms with Gasteiger partial charge >= 0.3 is 0 Å². The third-order valence-electron chi connectivity index (χ3n) is 6.34. The summed E-state index contributed by atoms with van der Waals surface area (Å²) in [5.74, 6) is -0.239. The molecule has 7 heteroatoms. The van der Waals surface area contributed by atoms with Gasteiger partial charge in [0.1, 0.15) is 23.4 Å². The molecule has 2 aliphatic rings. The minimum atomic E-state index is -0.746. The molecule has 1 fully saturated rings. The van der Waals surface area contributed by atoms with E-state index in [-0.39, 0.29) is 24.0 Å². The number of benzene rings is 2. The second kappa shape index (κ2) is 8.41. The van der Waals surface area contributed by atoms with Crippen LogP contribution in [-0.4, -0.2) is 41.9 Å². The van der Waals surface area contributed by atoms with Gasteiger partial charge in [0.15, 0.2) is 0 Å². The Labute approximate surface area is 197 Å². The number of aliphatic hydroxyl groups is 1. The van der Waals surface area contributed by atoms with Gasteiger partial charge in [0.05, 0.1) is 24.4 Å². The number of Topliss-reactive ketones (excluding diaryl/α,β-unsaturated/α-hetero) is 1. The van der Waals surface area contributed by atoms with Crippen LogP contribution >= 0.6 is 0 Å². The van der Waals surface area contributed by atoms with Crippen molar-refractivity contribution in [1.82, 2.24) is 4.90 Å². The number of furan rings is 1. The third kappa shape index (κ3) is 3.73. The van der Waals surface area contributed by atoms with E-state index in [1.807, 2.05) is 56.3 Å². The van der Waals surface area contributed by atoms with Crippen LogP contribution in [0.3, 0.4) is 0 Å². The highest BCUT2D eigenvalue weighted by Gasteiger charge is 2.46. The Morgan fingerprint density at radius 2 is 1.88 bits per heavy atom. The van der Waals surface area contributed by atoms with Gasteiger partial charge in [-0.05, 0) is 60.5 Å². The van der Waals surface area contributed by atoms with Crippen molar-refractivity contribution in [2.24, 2.45) is 0 Å². The van der Waals surface area contributed by atoms with Crippen molar-refractivity contribution in [3.8, 4) is 5.75 Å². The molecule has 1 aromatic heterocycles. The van der Waals surface area contributed by atoms with Crippen LogP contribution in [0.2, 0.25) is 0 Å². The molecule has 1 saturated heterocycles. The van der Waals surface area contributed by atoms with E-state index in [1.165, 1.54) is 11.2 Å². The van der Waals surface area contributed by atoms with E-state index in [1.54, 1.807) is 24.3 Å². The van der Waals surface area contributed by atoms with Crippen molar-refractivity contribution in [3.63, 3.8) is 0 Å². The van der Waals surface area contributed by atoms with E-state index in [0.717, 1.165) is 29.0 Å². The van der Waals surface area contributed by atoms with Crippen molar-refractivity contribution < 1.29 is 23.8 Å². The molecule has 1 amide bonds. The molecule has 0 radical (unpaired) electrons. The largest absolute Gasteiger partial charge is 0.507 e. The van der Waals surface area contributed by atoms with Crippen LogP contribution in [-0.2, 0) is 22.6 Å². The van der Waals surface area contributed by atoms with Gasteiger partial charge < -0.3 is 24.1 Å². The molecule has 3 heterocycles. The molecule has 0 bridgehead atoms. The number of hydrogen-bond donors (Lipinski definition) is 1. The number of aliphatic hydroxyl groups excluding tert-OH is 1. The van der Waals surface area contributed by atoms with Crippen LogP contribution in [0.15, 0.2) is 70.9 Å². The minimum absolute atomic E-state index is 0.0569. The van der Waals surface area contributed by atoms with Gasteiger partial charge in [-0.3, -0.25) is 9.59 Å². The quantitative estimate of drug-likeness (QED) is 0.349. The van der Waals surface area contributed by atoms with Crippen molar-refractivity contribution in [2.75, 3.05) is 19.0 Å². The Morgan fingerprint density at radius 3 is 2.56 bits per heavy atom. The summed E-state index contributed by atoms with van der Waals surface area (Å²) in [6.07, 6.45) is 2.31. The molecule has 0 saturated carbocycles. The first kappa shape index (κ1) is 21.8. The van der Waals surface area contributed by atoms with Gasteiger partial charge in [0.25, 0.3) is 11.7 Å². The van der Waals surface area contributed by atoms with Crippen molar-refractivity contribution in [2.45, 2.75) is 32.0 Å². The Morgan fingerprint density at radius 1 is 1.12 bits per heavy atom. The summed E-state index contributed by atoms with van der Waals surface area (Å²) < 4.78 is 11.2. The zero-order valence-electron chi connectivity index (χ0n) is 19.3. The minimum Gasteiger partial charge on any atom is -0.507 e. The lowest BCUT2D eigenvalue weighted by Crippen LogP contribution is -2.29. The standard InChI is InChI=1S/C27H26N2O5/c1-16-13-19-14-18(8-11-22(19)34-16)25(30)23-24(17-6-9-20(10-7-17)28(2)3)29(27(32)26(23)31)15-21-5-4-12-33-21/h4-12,14,16,24,30H,13,15H2,1-3H3/t16-,24-/m0/s1. The first-order chi connectivity index (χ1) is 16.3. The summed E-state index contributed by atoms with van der Waals surface area (Å²) in [6, 6.07) is 15.7. The number of ketones is 1. The lowest BCUT2D eigenvalue weighted by Gasteiger charge is -2.25. The highest BCUT2D eigenvalue weighted by molar-refractivity contribution is 6.46. The molecule has 174 valence electrons. The topological polar surface area (TPSA) is 83.2 Å². The lowest BCUT2D eigenvalue weighted by atomic mass is 9.94. The van der Waals surface area contributed by atoms with Gasteiger partial charge in [0.2, 0.25) is 0 Å². The van der Waals surface area contributed by atoms with Crippen molar-refractivity contribution >= 4 is 23.1 Å². The predicted octanol–water partition coefficient (Wildman–Crippen LogP) is 4.29. The fourth-order valence-corrected chi connectivity index (χ4v) is 4.64. The first-order valence-corrected chi connectivity index (χ1v) is 11.2. The number of anilines is 1. The number of nitrogens with zero attached hydrogens (tertiary/aromatic N) is 2. The molecule has 1 N–H and O–H groups in total. The van der Waals surface area contributed by atoms with E-state index in [4.69, 9.17) is 9.15 Å². The summed E-state index contributed by atoms with van der Waals surface area (Å²) in [4.78, 5) is 29.8. The molecule has 34 heavy (non-hydrogen) atoms. The molecule has 0 unspecified atom stereocenters. The molecule has 3 aromatic rings. The van der Waals surface area contributed by atoms with E-state index >= 15 is 0 Å². The molecule has 2 aromatic carbocycles. The highest BCUT2D eigenvalue weighted by atomic mass is 16.5. The second-order valence-corrected chi connectivity index (χ2v) is 8.95. The number of carbonyl (C=O) groups is 2. The average molecular weight is 459 g/mol. The van der Waals surface area contributed by atoms with Crippen LogP contribution in [0.5, 0.6) is 5.75 Å². The van der Waals surface area contributed by atoms with Gasteiger partial charge in [-0.1, -0.05) is 12.1 Å². The zero-order valence-corrected chi connectivity index (χ0v) is 19.3. The fraction of sp³-hybridized carbons (Fsp3) is 0.259. The van der Waals surface area contributed by atoms with E-state index < -0.39 is 17.7 Å². The van der Waals surface area contributed by atoms with Gasteiger partial charge in [-0.15, -0.1) is 0 Å². The van der Waals surface area contributed by atoms with Gasteiger partial charge in [0, 0.05) is 31.8 Å². The molecular formula is C27H26N2O5. The summed E-state index contributed by atoms with van der Waals surface area (Å²) >= 11 is 0. The molecule has 7 nitrogen and oxygen atoms in total. The number of likely N-dealkylation sites (tertiary alicyclic amines) is 1. The second-order valence-electron chi connectivity index (χ2n) is 8.95. The number of rotatable bonds is 5. The third-order valence-corrected chi connectivity index (χ3v) is 6.34. The monoisotopic (exact) mass is 458 g/mol. The maximum absolute atomic E-state index is 13.2. The smallest absolute Gasteiger partial charge is 0.296 e. The summed E-state index contributed by atoms with van der Waals surface area (Å²) in [6.45, 7) is 2.10. The first-order valence-electron chi connectivity index (χ1n) is 11.2. The number of carbonyl (C=O) groups excluding carboxylic acids is 2. The maximum Gasteiger partial charge on any atom is 0.296 e. The predicted molar refractivity (Wildman–Crippen MR) is 128 cm³/mol. The number of amides is 1. The maximum atomic E-state index is 13.2. The van der Waals surface area contributed by atoms with Crippen molar-refractivity contribution in [1.29, 1.82) is 0 Å². The van der Waals surface area contributed by atoms with Crippen LogP contribution in [0.4, 0.5) is 5.69 Å². The zero-order chi connectivity index (χ0) is 24.0. The van der Waals surface area contributed by atoms with Gasteiger partial charge in [-0.2, -0.15) is 0 Å². The SMILES string of the molecule is C[C@H]1Cc2cc(C(O)=C3C(=O)C(=O)N(Cc4ccco4)[C@H]3c3ccc(N(C)C)cc3)ccc2O1. The van der Waals surface area contributed by atoms with Crippen LogP contribution in [0.1, 0.15) is 35.4 Å². The number of hydrogen-bond acceptors (Lipinski definition) is 6. The molecule has 0 aliphatic carbocycles. The molecular weight excluding hydrogens is 432 g/mol. The van der Waals surface area contributed by atoms with E-state index in [2.05, 4.69) is 0 Å². The normalized spacial score (nSPS) is 21.0. The number of ether oxygens (including phenoxy) is 1. The van der Waals surface area contributed by atoms with Crippen LogP contribution < -0.4 is 9.64 Å². The Hall–Kier alpha value is -4.00. The van der Waals surface area contributed by atoms with Crippen LogP contribution in [0.25, 0.3) is 5.76 Å². The molecule has 0 spiro atoms. The van der Waals surface area contributed by atoms with Crippen molar-refractivity contribution in [3.05, 3.63) is 88.9 Å². The Bertz CT molecular complexity index is 1270.